The molecule has 0 aliphatic heterocycles. The average molecular weight is 177 g/mol. The van der Waals surface area contributed by atoms with E-state index in [1.807, 2.05) is 30.6 Å². The molecule has 0 spiro atoms. The molecule has 1 aromatic rings. The Kier molecular flexibility index (Phi) is 4.43. The molecule has 0 amide bonds. The summed E-state index contributed by atoms with van der Waals surface area (Å²) in [5.41, 5.74) is 8.04. The summed E-state index contributed by atoms with van der Waals surface area (Å²) in [6.07, 6.45) is 6.07. The molecule has 4 heteroatoms. The van der Waals surface area contributed by atoms with Gasteiger partial charge < -0.3 is 0 Å². The predicted molar refractivity (Wildman–Crippen MR) is 49.9 cm³/mol. The van der Waals surface area contributed by atoms with Crippen molar-refractivity contribution < 1.29 is 4.57 Å². The Balaban J connectivity index is 2.17. The zero-order valence-corrected chi connectivity index (χ0v) is 7.50. The van der Waals surface area contributed by atoms with Crippen molar-refractivity contribution in [2.75, 3.05) is 6.54 Å². The normalized spacial score (nSPS) is 9.23. The highest BCUT2D eigenvalue weighted by molar-refractivity contribution is 4.83. The van der Waals surface area contributed by atoms with Crippen LogP contribution in [0.5, 0.6) is 0 Å². The summed E-state index contributed by atoms with van der Waals surface area (Å²) in [6, 6.07) is 6.01. The first-order chi connectivity index (χ1) is 6.43. The van der Waals surface area contributed by atoms with Gasteiger partial charge in [0.25, 0.3) is 0 Å². The van der Waals surface area contributed by atoms with E-state index in [0.29, 0.717) is 6.54 Å². The van der Waals surface area contributed by atoms with Crippen molar-refractivity contribution in [3.63, 3.8) is 0 Å². The van der Waals surface area contributed by atoms with Gasteiger partial charge in [0.05, 0.1) is 0 Å². The molecule has 0 fully saturated rings. The highest BCUT2D eigenvalue weighted by atomic mass is 15.1. The third-order valence-electron chi connectivity index (χ3n) is 1.76. The number of nitrogens with zero attached hydrogens (tertiary/aromatic N) is 4. The summed E-state index contributed by atoms with van der Waals surface area (Å²) in [5, 5.41) is 3.47. The van der Waals surface area contributed by atoms with Crippen LogP contribution in [0.25, 0.3) is 10.4 Å². The van der Waals surface area contributed by atoms with Crippen LogP contribution in [0, 0.1) is 0 Å². The summed E-state index contributed by atoms with van der Waals surface area (Å²) in [4.78, 5) is 2.70. The number of unbranched alkanes of at least 4 members (excludes halogenated alkanes) is 1. The van der Waals surface area contributed by atoms with Crippen LogP contribution in [-0.4, -0.2) is 6.54 Å². The molecule has 0 aliphatic carbocycles. The van der Waals surface area contributed by atoms with E-state index in [0.717, 1.165) is 19.4 Å². The average Bonchev–Trinajstić information content (AvgIpc) is 2.19. The van der Waals surface area contributed by atoms with Gasteiger partial charge in [0, 0.05) is 30.0 Å². The summed E-state index contributed by atoms with van der Waals surface area (Å²) >= 11 is 0. The van der Waals surface area contributed by atoms with E-state index in [2.05, 4.69) is 14.6 Å². The van der Waals surface area contributed by atoms with Crippen LogP contribution in [0.15, 0.2) is 35.7 Å². The Bertz CT molecular complexity index is 277. The molecule has 68 valence electrons. The lowest BCUT2D eigenvalue weighted by Crippen LogP contribution is -2.32. The number of azide groups is 1. The third kappa shape index (κ3) is 4.13. The highest BCUT2D eigenvalue weighted by Crippen LogP contribution is 1.90. The lowest BCUT2D eigenvalue weighted by atomic mass is 10.3. The Morgan fingerprint density at radius 3 is 2.62 bits per heavy atom. The van der Waals surface area contributed by atoms with E-state index in [9.17, 15) is 0 Å². The quantitative estimate of drug-likeness (QED) is 0.217. The Morgan fingerprint density at radius 2 is 1.92 bits per heavy atom. The summed E-state index contributed by atoms with van der Waals surface area (Å²) in [6.45, 7) is 1.59. The molecule has 0 saturated carbocycles. The zero-order chi connectivity index (χ0) is 9.36. The van der Waals surface area contributed by atoms with Gasteiger partial charge in [0.15, 0.2) is 12.4 Å². The van der Waals surface area contributed by atoms with Gasteiger partial charge in [-0.25, -0.2) is 4.57 Å². The van der Waals surface area contributed by atoms with E-state index in [-0.39, 0.29) is 0 Å². The lowest BCUT2D eigenvalue weighted by Gasteiger charge is -1.93. The van der Waals surface area contributed by atoms with Crippen molar-refractivity contribution in [2.24, 2.45) is 5.11 Å². The van der Waals surface area contributed by atoms with E-state index in [4.69, 9.17) is 5.53 Å². The maximum atomic E-state index is 8.04. The molecule has 1 aromatic heterocycles. The first-order valence-corrected chi connectivity index (χ1v) is 4.38. The number of aromatic nitrogens is 1. The number of hydrogen-bond donors (Lipinski definition) is 0. The largest absolute Gasteiger partial charge is 0.205 e. The first kappa shape index (κ1) is 9.55. The Morgan fingerprint density at radius 1 is 1.15 bits per heavy atom. The second-order valence-electron chi connectivity index (χ2n) is 2.77. The van der Waals surface area contributed by atoms with Crippen LogP contribution >= 0.6 is 0 Å². The fourth-order valence-electron chi connectivity index (χ4n) is 1.11. The minimum Gasteiger partial charge on any atom is -0.205 e. The zero-order valence-electron chi connectivity index (χ0n) is 7.50. The summed E-state index contributed by atoms with van der Waals surface area (Å²) in [5.74, 6) is 0. The minimum atomic E-state index is 0.601. The number of rotatable bonds is 5. The second kappa shape index (κ2) is 6.03. The van der Waals surface area contributed by atoms with Crippen LogP contribution < -0.4 is 4.57 Å². The third-order valence-corrected chi connectivity index (χ3v) is 1.76. The topological polar surface area (TPSA) is 52.6 Å². The fourth-order valence-corrected chi connectivity index (χ4v) is 1.11. The molecule has 0 aromatic carbocycles. The van der Waals surface area contributed by atoms with Gasteiger partial charge in [-0.2, -0.15) is 0 Å². The molecule has 0 unspecified atom stereocenters. The van der Waals surface area contributed by atoms with Gasteiger partial charge in [0.2, 0.25) is 0 Å². The van der Waals surface area contributed by atoms with Crippen molar-refractivity contribution in [3.8, 4) is 0 Å². The van der Waals surface area contributed by atoms with E-state index in [1.165, 1.54) is 0 Å². The van der Waals surface area contributed by atoms with Crippen LogP contribution in [0.1, 0.15) is 12.8 Å². The molecular weight excluding hydrogens is 164 g/mol. The second-order valence-corrected chi connectivity index (χ2v) is 2.77. The smallest absolute Gasteiger partial charge is 0.168 e. The van der Waals surface area contributed by atoms with E-state index in [1.54, 1.807) is 0 Å². The van der Waals surface area contributed by atoms with Crippen molar-refractivity contribution >= 4 is 0 Å². The standard InChI is InChI=1S/C9H13N4/c10-12-11-6-2-5-9-13-7-3-1-4-8-13/h1,3-4,7-8H,2,5-6,9H2/q+1. The molecule has 0 bridgehead atoms. The van der Waals surface area contributed by atoms with E-state index >= 15 is 0 Å². The minimum absolute atomic E-state index is 0.601. The molecule has 4 nitrogen and oxygen atoms in total. The maximum absolute atomic E-state index is 8.04. The van der Waals surface area contributed by atoms with Crippen LogP contribution in [0.3, 0.4) is 0 Å². The monoisotopic (exact) mass is 177 g/mol. The first-order valence-electron chi connectivity index (χ1n) is 4.38. The number of pyridine rings is 1. The molecule has 0 aliphatic rings. The molecular formula is C9H13N4+. The van der Waals surface area contributed by atoms with Crippen molar-refractivity contribution in [1.29, 1.82) is 0 Å². The van der Waals surface area contributed by atoms with E-state index < -0.39 is 0 Å². The Labute approximate surface area is 77.5 Å². The highest BCUT2D eigenvalue weighted by Gasteiger charge is 1.95. The van der Waals surface area contributed by atoms with Crippen molar-refractivity contribution in [1.82, 2.24) is 0 Å². The van der Waals surface area contributed by atoms with Gasteiger partial charge in [0.1, 0.15) is 6.54 Å². The van der Waals surface area contributed by atoms with Gasteiger partial charge in [-0.05, 0) is 12.0 Å². The molecule has 0 saturated heterocycles. The predicted octanol–water partition coefficient (Wildman–Crippen LogP) is 2.06. The van der Waals surface area contributed by atoms with Crippen molar-refractivity contribution in [3.05, 3.63) is 41.0 Å². The van der Waals surface area contributed by atoms with Gasteiger partial charge in [-0.15, -0.1) is 0 Å². The van der Waals surface area contributed by atoms with Crippen molar-refractivity contribution in [2.45, 2.75) is 19.4 Å². The maximum Gasteiger partial charge on any atom is 0.168 e. The lowest BCUT2D eigenvalue weighted by molar-refractivity contribution is -0.697. The summed E-state index contributed by atoms with van der Waals surface area (Å²) < 4.78 is 2.12. The SMILES string of the molecule is [N-]=[N+]=NCCCC[n+]1ccccc1. The molecule has 1 rings (SSSR count). The van der Waals surface area contributed by atoms with Gasteiger partial charge in [-0.3, -0.25) is 0 Å². The molecule has 0 N–H and O–H groups in total. The molecule has 1 heterocycles. The molecule has 0 radical (unpaired) electrons. The van der Waals surface area contributed by atoms with Crippen LogP contribution in [-0.2, 0) is 6.54 Å². The van der Waals surface area contributed by atoms with Gasteiger partial charge >= 0.3 is 0 Å². The van der Waals surface area contributed by atoms with Gasteiger partial charge in [-0.1, -0.05) is 11.2 Å². The number of hydrogen-bond acceptors (Lipinski definition) is 1. The Hall–Kier alpha value is -1.54. The number of aryl methyl sites for hydroxylation is 1. The fraction of sp³-hybridized carbons (Fsp3) is 0.444. The molecule has 13 heavy (non-hydrogen) atoms. The molecule has 0 atom stereocenters. The summed E-state index contributed by atoms with van der Waals surface area (Å²) in [7, 11) is 0. The van der Waals surface area contributed by atoms with Crippen LogP contribution in [0.4, 0.5) is 0 Å². The van der Waals surface area contributed by atoms with Crippen LogP contribution in [0.2, 0.25) is 0 Å².